The Kier molecular flexibility index (Phi) is 6.53. The molecule has 1 unspecified atom stereocenters. The molecule has 1 saturated heterocycles. The molecule has 31 heavy (non-hydrogen) atoms. The van der Waals surface area contributed by atoms with Crippen LogP contribution in [0, 0.1) is 5.82 Å². The zero-order chi connectivity index (χ0) is 21.8. The van der Waals surface area contributed by atoms with Gasteiger partial charge in [-0.25, -0.2) is 4.39 Å². The number of benzene rings is 2. The molecule has 2 aliphatic heterocycles. The lowest BCUT2D eigenvalue weighted by atomic mass is 10.1. The van der Waals surface area contributed by atoms with Crippen molar-refractivity contribution < 1.29 is 14.0 Å². The summed E-state index contributed by atoms with van der Waals surface area (Å²) in [4.78, 5) is 27.1. The maximum atomic E-state index is 13.2. The number of halogens is 1. The summed E-state index contributed by atoms with van der Waals surface area (Å²) < 4.78 is 13.2. The van der Waals surface area contributed by atoms with Crippen molar-refractivity contribution in [3.63, 3.8) is 0 Å². The Labute approximate surface area is 184 Å². The number of amides is 2. The number of primary amides is 1. The molecule has 0 spiro atoms. The van der Waals surface area contributed by atoms with Gasteiger partial charge < -0.3 is 11.1 Å². The van der Waals surface area contributed by atoms with Crippen LogP contribution in [0.1, 0.15) is 12.0 Å². The quantitative estimate of drug-likeness (QED) is 0.719. The van der Waals surface area contributed by atoms with Crippen molar-refractivity contribution in [2.75, 3.05) is 34.9 Å². The van der Waals surface area contributed by atoms with Crippen molar-refractivity contribution in [2.24, 2.45) is 10.8 Å². The number of hydrogen-bond donors (Lipinski definition) is 2. The largest absolute Gasteiger partial charge is 0.368 e. The highest BCUT2D eigenvalue weighted by molar-refractivity contribution is 7.99. The minimum Gasteiger partial charge on any atom is -0.368 e. The Morgan fingerprint density at radius 1 is 1.16 bits per heavy atom. The van der Waals surface area contributed by atoms with Crippen LogP contribution >= 0.6 is 11.8 Å². The van der Waals surface area contributed by atoms with Gasteiger partial charge in [0.2, 0.25) is 5.91 Å². The van der Waals surface area contributed by atoms with E-state index in [9.17, 15) is 14.0 Å². The molecule has 4 rings (SSSR count). The third-order valence-corrected chi connectivity index (χ3v) is 6.23. The van der Waals surface area contributed by atoms with Crippen LogP contribution in [0.4, 0.5) is 15.8 Å². The summed E-state index contributed by atoms with van der Waals surface area (Å²) in [7, 11) is 0. The zero-order valence-electron chi connectivity index (χ0n) is 17.0. The van der Waals surface area contributed by atoms with E-state index in [-0.39, 0.29) is 18.0 Å². The van der Waals surface area contributed by atoms with Gasteiger partial charge in [0, 0.05) is 43.2 Å². The van der Waals surface area contributed by atoms with Crippen LogP contribution in [0.25, 0.3) is 0 Å². The summed E-state index contributed by atoms with van der Waals surface area (Å²) in [5, 5.41) is 8.55. The summed E-state index contributed by atoms with van der Waals surface area (Å²) >= 11 is 1.97. The summed E-state index contributed by atoms with van der Waals surface area (Å²) in [6.45, 7) is 2.96. The fraction of sp³-hybridized carbons (Fsp3) is 0.318. The van der Waals surface area contributed by atoms with Crippen molar-refractivity contribution in [3.8, 4) is 0 Å². The van der Waals surface area contributed by atoms with Gasteiger partial charge in [-0.05, 0) is 42.0 Å². The van der Waals surface area contributed by atoms with Crippen LogP contribution in [0.15, 0.2) is 53.6 Å². The lowest BCUT2D eigenvalue weighted by Crippen LogP contribution is -2.39. The first-order valence-corrected chi connectivity index (χ1v) is 11.3. The number of hydrazone groups is 1. The molecule has 2 heterocycles. The van der Waals surface area contributed by atoms with Gasteiger partial charge in [0.1, 0.15) is 17.6 Å². The van der Waals surface area contributed by atoms with Crippen LogP contribution in [0.3, 0.4) is 0 Å². The van der Waals surface area contributed by atoms with E-state index in [2.05, 4.69) is 15.3 Å². The Bertz CT molecular complexity index is 992. The topological polar surface area (TPSA) is 91.0 Å². The second-order valence-corrected chi connectivity index (χ2v) is 8.76. The SMILES string of the molecule is NC(=O)C1CC(C(=O)Nc2cccc(CN3CCSCC3)c2)=NN1c1ccc(F)cc1. The standard InChI is InChI=1S/C22H24FN5O2S/c23-16-4-6-18(7-5-16)28-20(21(24)29)13-19(26-28)22(30)25-17-3-1-2-15(12-17)14-27-8-10-31-11-9-27/h1-7,12,20H,8-11,13-14H2,(H2,24,29)(H,25,30). The smallest absolute Gasteiger partial charge is 0.271 e. The first-order valence-electron chi connectivity index (χ1n) is 10.1. The minimum atomic E-state index is -0.797. The van der Waals surface area contributed by atoms with Gasteiger partial charge in [-0.3, -0.25) is 19.5 Å². The molecule has 2 aliphatic rings. The van der Waals surface area contributed by atoms with Crippen LogP contribution < -0.4 is 16.1 Å². The number of nitrogens with zero attached hydrogens (tertiary/aromatic N) is 3. The van der Waals surface area contributed by atoms with Crippen molar-refractivity contribution in [2.45, 2.75) is 19.0 Å². The first-order chi connectivity index (χ1) is 15.0. The van der Waals surface area contributed by atoms with Crippen LogP contribution in [-0.2, 0) is 16.1 Å². The van der Waals surface area contributed by atoms with E-state index >= 15 is 0 Å². The maximum absolute atomic E-state index is 13.2. The van der Waals surface area contributed by atoms with E-state index in [0.29, 0.717) is 11.4 Å². The molecule has 0 bridgehead atoms. The summed E-state index contributed by atoms with van der Waals surface area (Å²) in [6.07, 6.45) is 0.0870. The molecule has 0 aliphatic carbocycles. The average molecular weight is 442 g/mol. The Hall–Kier alpha value is -2.91. The highest BCUT2D eigenvalue weighted by Gasteiger charge is 2.35. The monoisotopic (exact) mass is 441 g/mol. The van der Waals surface area contributed by atoms with E-state index < -0.39 is 17.8 Å². The third kappa shape index (κ3) is 5.23. The summed E-state index contributed by atoms with van der Waals surface area (Å²) in [6, 6.07) is 12.5. The predicted octanol–water partition coefficient (Wildman–Crippen LogP) is 2.43. The van der Waals surface area contributed by atoms with Gasteiger partial charge in [-0.15, -0.1) is 0 Å². The van der Waals surface area contributed by atoms with Gasteiger partial charge in [0.05, 0.1) is 5.69 Å². The molecule has 2 aromatic rings. The molecular formula is C22H24FN5O2S. The van der Waals surface area contributed by atoms with E-state index in [1.54, 1.807) is 0 Å². The van der Waals surface area contributed by atoms with E-state index in [4.69, 9.17) is 5.73 Å². The number of nitrogens with one attached hydrogen (secondary N) is 1. The molecule has 9 heteroatoms. The van der Waals surface area contributed by atoms with Gasteiger partial charge in [0.15, 0.2) is 0 Å². The molecule has 1 atom stereocenters. The zero-order valence-corrected chi connectivity index (χ0v) is 17.8. The molecule has 162 valence electrons. The van der Waals surface area contributed by atoms with Gasteiger partial charge in [0.25, 0.3) is 5.91 Å². The van der Waals surface area contributed by atoms with Gasteiger partial charge in [-0.2, -0.15) is 16.9 Å². The average Bonchev–Trinajstić information content (AvgIpc) is 3.21. The molecule has 2 aromatic carbocycles. The summed E-state index contributed by atoms with van der Waals surface area (Å²) in [5.74, 6) is 0.896. The number of thioether (sulfide) groups is 1. The molecular weight excluding hydrogens is 417 g/mol. The normalized spacial score (nSPS) is 19.2. The van der Waals surface area contributed by atoms with Crippen molar-refractivity contribution in [1.29, 1.82) is 0 Å². The maximum Gasteiger partial charge on any atom is 0.271 e. The summed E-state index contributed by atoms with van der Waals surface area (Å²) in [5.41, 5.74) is 8.01. The molecule has 2 amide bonds. The molecule has 0 radical (unpaired) electrons. The fourth-order valence-corrected chi connectivity index (χ4v) is 4.65. The van der Waals surface area contributed by atoms with E-state index in [1.807, 2.05) is 36.0 Å². The van der Waals surface area contributed by atoms with Gasteiger partial charge >= 0.3 is 0 Å². The molecule has 0 aromatic heterocycles. The Balaban J connectivity index is 1.46. The van der Waals surface area contributed by atoms with Crippen molar-refractivity contribution >= 4 is 40.7 Å². The van der Waals surface area contributed by atoms with Crippen molar-refractivity contribution in [1.82, 2.24) is 4.90 Å². The lowest BCUT2D eigenvalue weighted by molar-refractivity contribution is -0.119. The molecule has 3 N–H and O–H groups in total. The fourth-order valence-electron chi connectivity index (χ4n) is 3.67. The number of hydrogen-bond acceptors (Lipinski definition) is 6. The number of nitrogens with two attached hydrogens (primary N) is 1. The number of rotatable bonds is 6. The van der Waals surface area contributed by atoms with Crippen molar-refractivity contribution in [3.05, 3.63) is 59.9 Å². The molecule has 1 fully saturated rings. The molecule has 7 nitrogen and oxygen atoms in total. The Morgan fingerprint density at radius 3 is 2.61 bits per heavy atom. The number of carbonyl (C=O) groups is 2. The lowest BCUT2D eigenvalue weighted by Gasteiger charge is -2.26. The highest BCUT2D eigenvalue weighted by atomic mass is 32.2. The van der Waals surface area contributed by atoms with Crippen LogP contribution in [0.5, 0.6) is 0 Å². The first kappa shape index (κ1) is 21.3. The Morgan fingerprint density at radius 2 is 1.90 bits per heavy atom. The van der Waals surface area contributed by atoms with Crippen LogP contribution in [0.2, 0.25) is 0 Å². The van der Waals surface area contributed by atoms with Crippen LogP contribution in [-0.4, -0.2) is 53.1 Å². The predicted molar refractivity (Wildman–Crippen MR) is 122 cm³/mol. The number of carbonyl (C=O) groups excluding carboxylic acids is 2. The second-order valence-electron chi connectivity index (χ2n) is 7.53. The van der Waals surface area contributed by atoms with E-state index in [1.165, 1.54) is 29.3 Å². The van der Waals surface area contributed by atoms with Gasteiger partial charge in [-0.1, -0.05) is 12.1 Å². The third-order valence-electron chi connectivity index (χ3n) is 5.29. The number of anilines is 2. The minimum absolute atomic E-state index is 0.0870. The second kappa shape index (κ2) is 9.49. The highest BCUT2D eigenvalue weighted by Crippen LogP contribution is 2.25. The molecule has 0 saturated carbocycles. The van der Waals surface area contributed by atoms with E-state index in [0.717, 1.165) is 36.7 Å².